The van der Waals surface area contributed by atoms with Crippen molar-refractivity contribution in [3.63, 3.8) is 0 Å². The number of hydrogen-bond acceptors (Lipinski definition) is 3. The number of nitrogens with zero attached hydrogens (tertiary/aromatic N) is 1. The van der Waals surface area contributed by atoms with E-state index in [-0.39, 0.29) is 12.2 Å². The maximum Gasteiger partial charge on any atom is 0.254 e. The Morgan fingerprint density at radius 2 is 2.22 bits per heavy atom. The number of H-pyrrole nitrogens is 1. The zero-order valence-electron chi connectivity index (χ0n) is 11.2. The van der Waals surface area contributed by atoms with Gasteiger partial charge < -0.3 is 10.1 Å². The van der Waals surface area contributed by atoms with Crippen molar-refractivity contribution >= 4 is 0 Å². The van der Waals surface area contributed by atoms with E-state index in [1.165, 1.54) is 12.8 Å². The Balaban J connectivity index is 2.27. The minimum Gasteiger partial charge on any atom is -0.396 e. The first-order chi connectivity index (χ1) is 8.61. The normalized spacial score (nSPS) is 24.2. The molecular weight excluding hydrogens is 228 g/mol. The fourth-order valence-corrected chi connectivity index (χ4v) is 2.91. The van der Waals surface area contributed by atoms with E-state index in [2.05, 4.69) is 16.9 Å². The van der Waals surface area contributed by atoms with Crippen LogP contribution in [-0.2, 0) is 6.42 Å². The highest BCUT2D eigenvalue weighted by Crippen LogP contribution is 2.34. The summed E-state index contributed by atoms with van der Waals surface area (Å²) in [5, 5.41) is 8.94. The summed E-state index contributed by atoms with van der Waals surface area (Å²) < 4.78 is 0. The van der Waals surface area contributed by atoms with Crippen molar-refractivity contribution in [1.29, 1.82) is 0 Å². The van der Waals surface area contributed by atoms with E-state index in [0.29, 0.717) is 23.8 Å². The van der Waals surface area contributed by atoms with Crippen LogP contribution in [0, 0.1) is 12.8 Å². The van der Waals surface area contributed by atoms with Crippen molar-refractivity contribution in [3.05, 3.63) is 27.4 Å². The van der Waals surface area contributed by atoms with E-state index in [4.69, 9.17) is 5.11 Å². The molecule has 1 heterocycles. The van der Waals surface area contributed by atoms with Gasteiger partial charge in [-0.3, -0.25) is 4.79 Å². The molecule has 4 nitrogen and oxygen atoms in total. The van der Waals surface area contributed by atoms with Crippen molar-refractivity contribution in [2.24, 2.45) is 5.92 Å². The SMILES string of the molecule is Cc1nc(C2CCCC(C)C2)[nH]c(=O)c1CCO. The predicted molar refractivity (Wildman–Crippen MR) is 70.8 cm³/mol. The van der Waals surface area contributed by atoms with Crippen LogP contribution in [0.3, 0.4) is 0 Å². The van der Waals surface area contributed by atoms with E-state index in [9.17, 15) is 4.79 Å². The largest absolute Gasteiger partial charge is 0.396 e. The van der Waals surface area contributed by atoms with Crippen LogP contribution >= 0.6 is 0 Å². The monoisotopic (exact) mass is 250 g/mol. The maximum atomic E-state index is 12.0. The first kappa shape index (κ1) is 13.3. The third-order valence-corrected chi connectivity index (χ3v) is 3.93. The molecule has 1 aliphatic carbocycles. The third kappa shape index (κ3) is 2.80. The van der Waals surface area contributed by atoms with E-state index in [0.717, 1.165) is 24.4 Å². The summed E-state index contributed by atoms with van der Waals surface area (Å²) in [6.07, 6.45) is 5.11. The van der Waals surface area contributed by atoms with Gasteiger partial charge in [0.05, 0.1) is 0 Å². The highest BCUT2D eigenvalue weighted by molar-refractivity contribution is 5.18. The molecule has 0 amide bonds. The van der Waals surface area contributed by atoms with Crippen LogP contribution in [0.2, 0.25) is 0 Å². The van der Waals surface area contributed by atoms with E-state index in [1.54, 1.807) is 0 Å². The predicted octanol–water partition coefficient (Wildman–Crippen LogP) is 1.91. The quantitative estimate of drug-likeness (QED) is 0.861. The number of rotatable bonds is 3. The highest BCUT2D eigenvalue weighted by Gasteiger charge is 2.23. The number of hydrogen-bond donors (Lipinski definition) is 2. The third-order valence-electron chi connectivity index (χ3n) is 3.93. The van der Waals surface area contributed by atoms with E-state index in [1.807, 2.05) is 6.92 Å². The summed E-state index contributed by atoms with van der Waals surface area (Å²) in [5.41, 5.74) is 1.30. The first-order valence-electron chi connectivity index (χ1n) is 6.82. The summed E-state index contributed by atoms with van der Waals surface area (Å²) in [6.45, 7) is 4.11. The highest BCUT2D eigenvalue weighted by atomic mass is 16.3. The Bertz CT molecular complexity index is 467. The van der Waals surface area contributed by atoms with Gasteiger partial charge in [0.1, 0.15) is 5.82 Å². The number of nitrogens with one attached hydrogen (secondary N) is 1. The molecule has 0 saturated heterocycles. The lowest BCUT2D eigenvalue weighted by Gasteiger charge is -2.26. The van der Waals surface area contributed by atoms with Crippen molar-refractivity contribution in [1.82, 2.24) is 9.97 Å². The Kier molecular flexibility index (Phi) is 4.17. The van der Waals surface area contributed by atoms with Crippen LogP contribution in [0.25, 0.3) is 0 Å². The Morgan fingerprint density at radius 1 is 1.44 bits per heavy atom. The smallest absolute Gasteiger partial charge is 0.254 e. The molecule has 100 valence electrons. The number of aliphatic hydroxyl groups is 1. The Hall–Kier alpha value is -1.16. The molecule has 1 fully saturated rings. The molecule has 2 atom stereocenters. The summed E-state index contributed by atoms with van der Waals surface area (Å²) in [5.74, 6) is 1.94. The molecular formula is C14H22N2O2. The van der Waals surface area contributed by atoms with Crippen molar-refractivity contribution in [2.45, 2.75) is 51.9 Å². The summed E-state index contributed by atoms with van der Waals surface area (Å²) in [6, 6.07) is 0. The molecule has 18 heavy (non-hydrogen) atoms. The van der Waals surface area contributed by atoms with Gasteiger partial charge in [0, 0.05) is 30.2 Å². The van der Waals surface area contributed by atoms with Gasteiger partial charge in [-0.1, -0.05) is 19.8 Å². The van der Waals surface area contributed by atoms with Gasteiger partial charge in [-0.25, -0.2) is 4.98 Å². The van der Waals surface area contributed by atoms with Crippen LogP contribution in [0.1, 0.15) is 55.6 Å². The van der Waals surface area contributed by atoms with Crippen LogP contribution < -0.4 is 5.56 Å². The van der Waals surface area contributed by atoms with Crippen molar-refractivity contribution in [3.8, 4) is 0 Å². The molecule has 0 radical (unpaired) electrons. The molecule has 2 unspecified atom stereocenters. The zero-order valence-corrected chi connectivity index (χ0v) is 11.2. The number of aromatic nitrogens is 2. The van der Waals surface area contributed by atoms with E-state index >= 15 is 0 Å². The summed E-state index contributed by atoms with van der Waals surface area (Å²) >= 11 is 0. The molecule has 1 saturated carbocycles. The second-order valence-electron chi connectivity index (χ2n) is 5.46. The molecule has 0 aliphatic heterocycles. The average molecular weight is 250 g/mol. The van der Waals surface area contributed by atoms with Crippen LogP contribution in [0.5, 0.6) is 0 Å². The molecule has 2 N–H and O–H groups in total. The second kappa shape index (κ2) is 5.65. The lowest BCUT2D eigenvalue weighted by atomic mass is 9.82. The Labute approximate surface area is 107 Å². The molecule has 1 aromatic rings. The molecule has 4 heteroatoms. The van der Waals surface area contributed by atoms with Crippen LogP contribution in [-0.4, -0.2) is 21.7 Å². The average Bonchev–Trinajstić information content (AvgIpc) is 2.33. The topological polar surface area (TPSA) is 66.0 Å². The summed E-state index contributed by atoms with van der Waals surface area (Å²) in [4.78, 5) is 19.4. The van der Waals surface area contributed by atoms with Gasteiger partial charge in [0.15, 0.2) is 0 Å². The maximum absolute atomic E-state index is 12.0. The van der Waals surface area contributed by atoms with Gasteiger partial charge in [-0.2, -0.15) is 0 Å². The van der Waals surface area contributed by atoms with Gasteiger partial charge in [-0.15, -0.1) is 0 Å². The molecule has 0 bridgehead atoms. The van der Waals surface area contributed by atoms with Crippen LogP contribution in [0.4, 0.5) is 0 Å². The minimum atomic E-state index is -0.0789. The van der Waals surface area contributed by atoms with E-state index < -0.39 is 0 Å². The zero-order chi connectivity index (χ0) is 13.1. The standard InChI is InChI=1S/C14H22N2O2/c1-9-4-3-5-11(8-9)13-15-10(2)12(6-7-17)14(18)16-13/h9,11,17H,3-8H2,1-2H3,(H,15,16,18). The first-order valence-corrected chi connectivity index (χ1v) is 6.82. The molecule has 2 rings (SSSR count). The van der Waals surface area contributed by atoms with Crippen molar-refractivity contribution in [2.75, 3.05) is 6.61 Å². The van der Waals surface area contributed by atoms with Crippen molar-refractivity contribution < 1.29 is 5.11 Å². The fourth-order valence-electron chi connectivity index (χ4n) is 2.91. The van der Waals surface area contributed by atoms with Gasteiger partial charge in [0.2, 0.25) is 0 Å². The number of aliphatic hydroxyl groups excluding tert-OH is 1. The lowest BCUT2D eigenvalue weighted by molar-refractivity contribution is 0.298. The van der Waals surface area contributed by atoms with Crippen LogP contribution in [0.15, 0.2) is 4.79 Å². The lowest BCUT2D eigenvalue weighted by Crippen LogP contribution is -2.23. The van der Waals surface area contributed by atoms with Gasteiger partial charge in [0.25, 0.3) is 5.56 Å². The fraction of sp³-hybridized carbons (Fsp3) is 0.714. The molecule has 1 aliphatic rings. The van der Waals surface area contributed by atoms with Gasteiger partial charge >= 0.3 is 0 Å². The number of aryl methyl sites for hydroxylation is 1. The second-order valence-corrected chi connectivity index (χ2v) is 5.46. The molecule has 1 aromatic heterocycles. The Morgan fingerprint density at radius 3 is 2.83 bits per heavy atom. The number of aromatic amines is 1. The molecule has 0 spiro atoms. The van der Waals surface area contributed by atoms with Gasteiger partial charge in [-0.05, 0) is 25.7 Å². The minimum absolute atomic E-state index is 0.00852. The molecule has 0 aromatic carbocycles. The summed E-state index contributed by atoms with van der Waals surface area (Å²) in [7, 11) is 0.